The average Bonchev–Trinajstić information content (AvgIpc) is 3.23. The average molecular weight is 471 g/mol. The number of halogens is 4. The first-order valence-electron chi connectivity index (χ1n) is 10.3. The standard InChI is InChI=1S/C24H21F4N5O/c1-16(32-19-4-2-3-18(12-19)24(26,27)28)33-10-7-17-11-21(5-6-22(17)33)34-23-13-20(30-15-31-23)14-29-9-8-25/h2-7,10-13,15,29,32H,1,8-9,14H2. The maximum absolute atomic E-state index is 13.0. The second-order valence-corrected chi connectivity index (χ2v) is 7.37. The summed E-state index contributed by atoms with van der Waals surface area (Å²) in [5, 5.41) is 6.67. The second kappa shape index (κ2) is 9.92. The van der Waals surface area contributed by atoms with Crippen molar-refractivity contribution in [2.24, 2.45) is 0 Å². The highest BCUT2D eigenvalue weighted by Crippen LogP contribution is 2.32. The van der Waals surface area contributed by atoms with Crippen LogP contribution >= 0.6 is 0 Å². The molecular weight excluding hydrogens is 450 g/mol. The predicted molar refractivity (Wildman–Crippen MR) is 122 cm³/mol. The van der Waals surface area contributed by atoms with E-state index >= 15 is 0 Å². The summed E-state index contributed by atoms with van der Waals surface area (Å²) in [6, 6.07) is 13.8. The summed E-state index contributed by atoms with van der Waals surface area (Å²) < 4.78 is 58.8. The molecule has 10 heteroatoms. The van der Waals surface area contributed by atoms with Gasteiger partial charge in [0.25, 0.3) is 0 Å². The first-order chi connectivity index (χ1) is 16.3. The minimum atomic E-state index is -4.43. The van der Waals surface area contributed by atoms with Crippen LogP contribution in [0.15, 0.2) is 73.7 Å². The van der Waals surface area contributed by atoms with Crippen LogP contribution in [-0.4, -0.2) is 27.8 Å². The van der Waals surface area contributed by atoms with Gasteiger partial charge in [-0.2, -0.15) is 13.2 Å². The van der Waals surface area contributed by atoms with Gasteiger partial charge in [-0.3, -0.25) is 0 Å². The van der Waals surface area contributed by atoms with Gasteiger partial charge in [0.1, 0.15) is 24.6 Å². The fourth-order valence-electron chi connectivity index (χ4n) is 3.35. The van der Waals surface area contributed by atoms with Crippen LogP contribution in [0.1, 0.15) is 11.3 Å². The Morgan fingerprint density at radius 1 is 1.06 bits per heavy atom. The quantitative estimate of drug-likeness (QED) is 0.237. The molecule has 4 rings (SSSR count). The molecule has 34 heavy (non-hydrogen) atoms. The van der Waals surface area contributed by atoms with Gasteiger partial charge in [0.2, 0.25) is 5.88 Å². The smallest absolute Gasteiger partial charge is 0.416 e. The van der Waals surface area contributed by atoms with Crippen LogP contribution in [0.2, 0.25) is 0 Å². The number of ether oxygens (including phenoxy) is 1. The third-order valence-electron chi connectivity index (χ3n) is 4.93. The molecule has 2 aromatic heterocycles. The fourth-order valence-corrected chi connectivity index (χ4v) is 3.35. The van der Waals surface area contributed by atoms with Gasteiger partial charge in [0, 0.05) is 36.4 Å². The summed E-state index contributed by atoms with van der Waals surface area (Å²) in [5.74, 6) is 1.29. The van der Waals surface area contributed by atoms with Crippen molar-refractivity contribution in [3.63, 3.8) is 0 Å². The molecule has 176 valence electrons. The number of benzene rings is 2. The second-order valence-electron chi connectivity index (χ2n) is 7.37. The Balaban J connectivity index is 1.48. The number of anilines is 1. The number of alkyl halides is 4. The first-order valence-corrected chi connectivity index (χ1v) is 10.3. The summed E-state index contributed by atoms with van der Waals surface area (Å²) in [5.41, 5.74) is 0.996. The van der Waals surface area contributed by atoms with Crippen LogP contribution in [0.5, 0.6) is 11.6 Å². The number of fused-ring (bicyclic) bond motifs is 1. The van der Waals surface area contributed by atoms with Crippen LogP contribution in [0.4, 0.5) is 23.2 Å². The predicted octanol–water partition coefficient (Wildman–Crippen LogP) is 5.84. The summed E-state index contributed by atoms with van der Waals surface area (Å²) in [6.45, 7) is 4.13. The molecule has 0 bridgehead atoms. The molecular formula is C24H21F4N5O. The van der Waals surface area contributed by atoms with Crippen molar-refractivity contribution in [1.82, 2.24) is 19.9 Å². The lowest BCUT2D eigenvalue weighted by atomic mass is 10.2. The highest BCUT2D eigenvalue weighted by Gasteiger charge is 2.30. The van der Waals surface area contributed by atoms with Crippen LogP contribution in [0, 0.1) is 0 Å². The Morgan fingerprint density at radius 3 is 2.71 bits per heavy atom. The van der Waals surface area contributed by atoms with Gasteiger partial charge >= 0.3 is 6.18 Å². The SMILES string of the molecule is C=C(Nc1cccc(C(F)(F)F)c1)n1ccc2cc(Oc3cc(CNCCF)ncn3)ccc21. The van der Waals surface area contributed by atoms with Crippen LogP contribution < -0.4 is 15.4 Å². The van der Waals surface area contributed by atoms with E-state index in [2.05, 4.69) is 27.2 Å². The fraction of sp³-hybridized carbons (Fsp3) is 0.167. The summed E-state index contributed by atoms with van der Waals surface area (Å²) in [7, 11) is 0. The van der Waals surface area contributed by atoms with E-state index in [4.69, 9.17) is 4.74 Å². The molecule has 0 aliphatic carbocycles. The van der Waals surface area contributed by atoms with Gasteiger partial charge < -0.3 is 19.9 Å². The maximum Gasteiger partial charge on any atom is 0.416 e. The maximum atomic E-state index is 13.0. The molecule has 0 aliphatic heterocycles. The molecule has 0 spiro atoms. The Bertz CT molecular complexity index is 1300. The Hall–Kier alpha value is -3.92. The van der Waals surface area contributed by atoms with Crippen molar-refractivity contribution in [1.29, 1.82) is 0 Å². The van der Waals surface area contributed by atoms with Crippen LogP contribution in [0.3, 0.4) is 0 Å². The minimum absolute atomic E-state index is 0.238. The lowest BCUT2D eigenvalue weighted by Crippen LogP contribution is -2.16. The van der Waals surface area contributed by atoms with Crippen molar-refractivity contribution in [2.75, 3.05) is 18.5 Å². The van der Waals surface area contributed by atoms with E-state index in [1.165, 1.54) is 12.4 Å². The number of hydrogen-bond acceptors (Lipinski definition) is 5. The zero-order valence-electron chi connectivity index (χ0n) is 17.9. The van der Waals surface area contributed by atoms with Gasteiger partial charge in [-0.05, 0) is 42.5 Å². The molecule has 0 atom stereocenters. The van der Waals surface area contributed by atoms with Crippen molar-refractivity contribution in [3.8, 4) is 11.6 Å². The van der Waals surface area contributed by atoms with E-state index in [1.54, 1.807) is 29.0 Å². The van der Waals surface area contributed by atoms with Gasteiger partial charge in [-0.1, -0.05) is 12.6 Å². The zero-order valence-corrected chi connectivity index (χ0v) is 17.9. The Labute approximate surface area is 192 Å². The topological polar surface area (TPSA) is 64.0 Å². The molecule has 4 aromatic rings. The summed E-state index contributed by atoms with van der Waals surface area (Å²) >= 11 is 0. The van der Waals surface area contributed by atoms with Crippen molar-refractivity contribution >= 4 is 22.4 Å². The number of aromatic nitrogens is 3. The molecule has 2 aromatic carbocycles. The van der Waals surface area contributed by atoms with Crippen molar-refractivity contribution < 1.29 is 22.3 Å². The Kier molecular flexibility index (Phi) is 6.78. The summed E-state index contributed by atoms with van der Waals surface area (Å²) in [6.07, 6.45) is -1.29. The molecule has 2 heterocycles. The molecule has 0 fully saturated rings. The minimum Gasteiger partial charge on any atom is -0.439 e. The van der Waals surface area contributed by atoms with Crippen LogP contribution in [-0.2, 0) is 12.7 Å². The highest BCUT2D eigenvalue weighted by atomic mass is 19.4. The van der Waals surface area contributed by atoms with E-state index in [1.807, 2.05) is 18.2 Å². The lowest BCUT2D eigenvalue weighted by Gasteiger charge is -2.14. The van der Waals surface area contributed by atoms with E-state index in [9.17, 15) is 17.6 Å². The molecule has 0 unspecified atom stereocenters. The van der Waals surface area contributed by atoms with E-state index in [-0.39, 0.29) is 12.2 Å². The lowest BCUT2D eigenvalue weighted by molar-refractivity contribution is -0.137. The molecule has 0 saturated carbocycles. The first kappa shape index (κ1) is 23.2. The van der Waals surface area contributed by atoms with Crippen molar-refractivity contribution in [2.45, 2.75) is 12.7 Å². The van der Waals surface area contributed by atoms with Gasteiger partial charge in [-0.25, -0.2) is 14.4 Å². The van der Waals surface area contributed by atoms with Gasteiger partial charge in [0.15, 0.2) is 0 Å². The number of rotatable bonds is 9. The van der Waals surface area contributed by atoms with E-state index < -0.39 is 18.4 Å². The normalized spacial score (nSPS) is 11.5. The molecule has 6 nitrogen and oxygen atoms in total. The molecule has 0 amide bonds. The molecule has 0 radical (unpaired) electrons. The monoisotopic (exact) mass is 471 g/mol. The molecule has 0 saturated heterocycles. The van der Waals surface area contributed by atoms with Crippen LogP contribution in [0.25, 0.3) is 16.7 Å². The van der Waals surface area contributed by atoms with Crippen molar-refractivity contribution in [3.05, 3.63) is 85.0 Å². The number of hydrogen-bond donors (Lipinski definition) is 2. The largest absolute Gasteiger partial charge is 0.439 e. The Morgan fingerprint density at radius 2 is 1.91 bits per heavy atom. The van der Waals surface area contributed by atoms with Gasteiger partial charge in [-0.15, -0.1) is 0 Å². The zero-order chi connectivity index (χ0) is 24.1. The highest BCUT2D eigenvalue weighted by molar-refractivity contribution is 5.86. The van der Waals surface area contributed by atoms with Gasteiger partial charge in [0.05, 0.1) is 16.8 Å². The molecule has 0 aliphatic rings. The molecule has 2 N–H and O–H groups in total. The summed E-state index contributed by atoms with van der Waals surface area (Å²) in [4.78, 5) is 8.22. The van der Waals surface area contributed by atoms with E-state index in [0.29, 0.717) is 29.7 Å². The van der Waals surface area contributed by atoms with E-state index in [0.717, 1.165) is 23.0 Å². The third kappa shape index (κ3) is 5.52. The number of nitrogens with zero attached hydrogens (tertiary/aromatic N) is 3. The number of nitrogens with one attached hydrogen (secondary N) is 2. The third-order valence-corrected chi connectivity index (χ3v) is 4.93.